The molecule has 96 valence electrons. The average molecular weight is 340 g/mol. The minimum Gasteiger partial charge on any atom is -0.330 e. The maximum atomic E-state index is 6.07. The quantitative estimate of drug-likeness (QED) is 0.915. The number of likely N-dealkylation sites (tertiary alicyclic amines) is 1. The van der Waals surface area contributed by atoms with E-state index in [2.05, 4.69) is 26.9 Å². The molecular weight excluding hydrogens is 323 g/mol. The highest BCUT2D eigenvalue weighted by atomic mass is 79.9. The van der Waals surface area contributed by atoms with Crippen LogP contribution in [0, 0.1) is 5.92 Å². The highest BCUT2D eigenvalue weighted by molar-refractivity contribution is 9.10. The van der Waals surface area contributed by atoms with Gasteiger partial charge in [0.05, 0.1) is 5.02 Å². The first kappa shape index (κ1) is 15.3. The lowest BCUT2D eigenvalue weighted by atomic mass is 10.1. The highest BCUT2D eigenvalue weighted by Gasteiger charge is 2.20. The lowest BCUT2D eigenvalue weighted by Gasteiger charge is -2.16. The predicted molar refractivity (Wildman–Crippen MR) is 78.8 cm³/mol. The van der Waals surface area contributed by atoms with Crippen molar-refractivity contribution in [3.05, 3.63) is 33.3 Å². The lowest BCUT2D eigenvalue weighted by Crippen LogP contribution is -2.22. The third-order valence-corrected chi connectivity index (χ3v) is 4.33. The summed E-state index contributed by atoms with van der Waals surface area (Å²) in [5.41, 5.74) is 6.95. The maximum Gasteiger partial charge on any atom is 0.0551 e. The molecule has 0 aromatic heterocycles. The van der Waals surface area contributed by atoms with Crippen molar-refractivity contribution in [1.82, 2.24) is 4.90 Å². The van der Waals surface area contributed by atoms with Crippen LogP contribution in [-0.4, -0.2) is 24.5 Å². The summed E-state index contributed by atoms with van der Waals surface area (Å²) in [5.74, 6) is 0.672. The Labute approximate surface area is 122 Å². The van der Waals surface area contributed by atoms with E-state index >= 15 is 0 Å². The summed E-state index contributed by atoms with van der Waals surface area (Å²) in [5, 5.41) is 0.784. The molecule has 1 atom stereocenters. The van der Waals surface area contributed by atoms with Crippen LogP contribution in [0.1, 0.15) is 12.0 Å². The van der Waals surface area contributed by atoms with E-state index in [9.17, 15) is 0 Å². The van der Waals surface area contributed by atoms with Gasteiger partial charge in [-0.25, -0.2) is 0 Å². The van der Waals surface area contributed by atoms with Gasteiger partial charge in [-0.15, -0.1) is 12.4 Å². The lowest BCUT2D eigenvalue weighted by molar-refractivity contribution is 0.318. The first-order valence-electron chi connectivity index (χ1n) is 5.55. The second-order valence-electron chi connectivity index (χ2n) is 4.37. The molecule has 2 N–H and O–H groups in total. The zero-order chi connectivity index (χ0) is 11.5. The van der Waals surface area contributed by atoms with Crippen molar-refractivity contribution in [3.8, 4) is 0 Å². The Morgan fingerprint density at radius 1 is 1.47 bits per heavy atom. The number of rotatable bonds is 3. The normalized spacial score (nSPS) is 20.3. The fourth-order valence-corrected chi connectivity index (χ4v) is 2.59. The molecule has 0 spiro atoms. The molecule has 0 amide bonds. The molecule has 0 saturated carbocycles. The summed E-state index contributed by atoms with van der Waals surface area (Å²) in [7, 11) is 0. The summed E-state index contributed by atoms with van der Waals surface area (Å²) < 4.78 is 0.958. The van der Waals surface area contributed by atoms with E-state index in [1.165, 1.54) is 12.0 Å². The molecule has 0 bridgehead atoms. The molecule has 2 nitrogen and oxygen atoms in total. The van der Waals surface area contributed by atoms with E-state index in [1.807, 2.05) is 12.1 Å². The van der Waals surface area contributed by atoms with Crippen LogP contribution in [0.3, 0.4) is 0 Å². The summed E-state index contributed by atoms with van der Waals surface area (Å²) in [6.45, 7) is 4.04. The van der Waals surface area contributed by atoms with E-state index in [0.29, 0.717) is 5.92 Å². The topological polar surface area (TPSA) is 29.3 Å². The predicted octanol–water partition coefficient (Wildman–Crippen LogP) is 3.30. The Morgan fingerprint density at radius 3 is 2.82 bits per heavy atom. The molecule has 1 aromatic carbocycles. The Morgan fingerprint density at radius 2 is 2.24 bits per heavy atom. The van der Waals surface area contributed by atoms with E-state index in [0.717, 1.165) is 35.7 Å². The van der Waals surface area contributed by atoms with Crippen molar-refractivity contribution in [2.45, 2.75) is 13.0 Å². The first-order valence-corrected chi connectivity index (χ1v) is 6.72. The summed E-state index contributed by atoms with van der Waals surface area (Å²) >= 11 is 9.47. The Hall–Kier alpha value is 0.200. The fourth-order valence-electron chi connectivity index (χ4n) is 2.15. The number of hydrogen-bond acceptors (Lipinski definition) is 2. The molecule has 1 aliphatic heterocycles. The van der Waals surface area contributed by atoms with Gasteiger partial charge in [0, 0.05) is 17.6 Å². The van der Waals surface area contributed by atoms with E-state index in [1.54, 1.807) is 0 Å². The molecule has 1 aliphatic rings. The first-order chi connectivity index (χ1) is 7.69. The van der Waals surface area contributed by atoms with Crippen LogP contribution in [0.4, 0.5) is 0 Å². The second kappa shape index (κ2) is 6.95. The van der Waals surface area contributed by atoms with Gasteiger partial charge in [0.25, 0.3) is 0 Å². The highest BCUT2D eigenvalue weighted by Crippen LogP contribution is 2.25. The number of hydrogen-bond donors (Lipinski definition) is 1. The van der Waals surface area contributed by atoms with Crippen LogP contribution in [0.5, 0.6) is 0 Å². The largest absolute Gasteiger partial charge is 0.330 e. The van der Waals surface area contributed by atoms with Crippen molar-refractivity contribution in [3.63, 3.8) is 0 Å². The number of halogens is 3. The molecule has 1 aromatic rings. The van der Waals surface area contributed by atoms with Gasteiger partial charge in [-0.1, -0.05) is 17.7 Å². The van der Waals surface area contributed by atoms with Crippen molar-refractivity contribution in [2.75, 3.05) is 19.6 Å². The molecule has 17 heavy (non-hydrogen) atoms. The molecule has 2 rings (SSSR count). The third kappa shape index (κ3) is 4.11. The minimum atomic E-state index is 0. The molecule has 5 heteroatoms. The third-order valence-electron chi connectivity index (χ3n) is 3.09. The number of benzene rings is 1. The summed E-state index contributed by atoms with van der Waals surface area (Å²) in [6.07, 6.45) is 1.22. The SMILES string of the molecule is Cl.NCC1CCN(Cc2ccc(Br)c(Cl)c2)C1. The number of nitrogens with two attached hydrogens (primary N) is 1. The Kier molecular flexibility index (Phi) is 6.24. The van der Waals surface area contributed by atoms with Gasteiger partial charge in [-0.05, 0) is 59.1 Å². The maximum absolute atomic E-state index is 6.07. The van der Waals surface area contributed by atoms with Crippen molar-refractivity contribution < 1.29 is 0 Å². The molecule has 1 saturated heterocycles. The smallest absolute Gasteiger partial charge is 0.0551 e. The van der Waals surface area contributed by atoms with Crippen molar-refractivity contribution in [1.29, 1.82) is 0 Å². The standard InChI is InChI=1S/C12H16BrClN2.ClH/c13-11-2-1-9(5-12(11)14)7-16-4-3-10(6-15)8-16;/h1-2,5,10H,3-4,6-8,15H2;1H. The Balaban J connectivity index is 0.00000144. The minimum absolute atomic E-state index is 0. The van der Waals surface area contributed by atoms with Crippen LogP contribution in [0.25, 0.3) is 0 Å². The van der Waals surface area contributed by atoms with Gasteiger partial charge in [0.2, 0.25) is 0 Å². The molecule has 1 heterocycles. The molecule has 1 unspecified atom stereocenters. The van der Waals surface area contributed by atoms with Gasteiger partial charge in [-0.2, -0.15) is 0 Å². The Bertz CT molecular complexity index is 374. The molecule has 1 fully saturated rings. The molecule has 0 radical (unpaired) electrons. The number of nitrogens with zero attached hydrogens (tertiary/aromatic N) is 1. The van der Waals surface area contributed by atoms with E-state index < -0.39 is 0 Å². The fraction of sp³-hybridized carbons (Fsp3) is 0.500. The summed E-state index contributed by atoms with van der Waals surface area (Å²) in [4.78, 5) is 2.44. The van der Waals surface area contributed by atoms with Gasteiger partial charge >= 0.3 is 0 Å². The van der Waals surface area contributed by atoms with E-state index in [-0.39, 0.29) is 12.4 Å². The van der Waals surface area contributed by atoms with Gasteiger partial charge in [-0.3, -0.25) is 4.90 Å². The van der Waals surface area contributed by atoms with Crippen LogP contribution in [-0.2, 0) is 6.54 Å². The average Bonchev–Trinajstić information content (AvgIpc) is 2.71. The van der Waals surface area contributed by atoms with Crippen molar-refractivity contribution in [2.24, 2.45) is 11.7 Å². The van der Waals surface area contributed by atoms with Crippen LogP contribution >= 0.6 is 39.9 Å². The second-order valence-corrected chi connectivity index (χ2v) is 5.64. The monoisotopic (exact) mass is 338 g/mol. The zero-order valence-electron chi connectivity index (χ0n) is 9.53. The van der Waals surface area contributed by atoms with E-state index in [4.69, 9.17) is 17.3 Å². The van der Waals surface area contributed by atoms with Gasteiger partial charge in [0.15, 0.2) is 0 Å². The van der Waals surface area contributed by atoms with Crippen LogP contribution in [0.15, 0.2) is 22.7 Å². The van der Waals surface area contributed by atoms with Gasteiger partial charge in [0.1, 0.15) is 0 Å². The van der Waals surface area contributed by atoms with Gasteiger partial charge < -0.3 is 5.73 Å². The summed E-state index contributed by atoms with van der Waals surface area (Å²) in [6, 6.07) is 6.15. The molecule has 0 aliphatic carbocycles. The van der Waals surface area contributed by atoms with Crippen LogP contribution < -0.4 is 5.73 Å². The van der Waals surface area contributed by atoms with Crippen molar-refractivity contribution >= 4 is 39.9 Å². The van der Waals surface area contributed by atoms with Crippen LogP contribution in [0.2, 0.25) is 5.02 Å². The molecular formula is C12H17BrCl2N2. The zero-order valence-corrected chi connectivity index (χ0v) is 12.7.